The molecule has 29 heavy (non-hydrogen) atoms. The van der Waals surface area contributed by atoms with Crippen molar-refractivity contribution in [3.8, 4) is 0 Å². The molecule has 0 aromatic heterocycles. The van der Waals surface area contributed by atoms with Crippen LogP contribution in [0.4, 0.5) is 17.6 Å². The summed E-state index contributed by atoms with van der Waals surface area (Å²) in [6.45, 7) is 8.24. The zero-order valence-electron chi connectivity index (χ0n) is 16.8. The zero-order chi connectivity index (χ0) is 21.9. The maximum absolute atomic E-state index is 14.7. The summed E-state index contributed by atoms with van der Waals surface area (Å²) >= 11 is 0. The summed E-state index contributed by atoms with van der Waals surface area (Å²) in [6.07, 6.45) is 4.46. The Kier molecular flexibility index (Phi) is 7.33. The van der Waals surface area contributed by atoms with Gasteiger partial charge in [0.05, 0.1) is 0 Å². The predicted molar refractivity (Wildman–Crippen MR) is 106 cm³/mol. The first-order valence-electron chi connectivity index (χ1n) is 10.1. The molecule has 1 saturated carbocycles. The molecule has 2 rings (SSSR count). The lowest BCUT2D eigenvalue weighted by Gasteiger charge is -2.39. The van der Waals surface area contributed by atoms with E-state index in [2.05, 4.69) is 20.1 Å². The molecule has 0 saturated heterocycles. The molecule has 1 aromatic carbocycles. The van der Waals surface area contributed by atoms with Crippen molar-refractivity contribution in [2.75, 3.05) is 0 Å². The summed E-state index contributed by atoms with van der Waals surface area (Å²) in [4.78, 5) is 0. The van der Waals surface area contributed by atoms with Crippen LogP contribution >= 0.6 is 0 Å². The average Bonchev–Trinajstić information content (AvgIpc) is 2.73. The third-order valence-corrected chi connectivity index (χ3v) is 6.15. The molecule has 0 heterocycles. The number of rotatable bonds is 9. The molecule has 2 unspecified atom stereocenters. The molecule has 0 spiro atoms. The van der Waals surface area contributed by atoms with Crippen LogP contribution in [-0.4, -0.2) is 28.2 Å². The molecule has 6 heteroatoms. The second-order valence-corrected chi connectivity index (χ2v) is 7.98. The zero-order valence-corrected chi connectivity index (χ0v) is 16.8. The van der Waals surface area contributed by atoms with E-state index in [4.69, 9.17) is 0 Å². The van der Waals surface area contributed by atoms with Crippen molar-refractivity contribution in [3.63, 3.8) is 0 Å². The Labute approximate surface area is 170 Å². The standard InChI is InChI=1S/C23H30F4O2/c1-4-7-16-8-10-17(11-9-16)18-12-14-19(15-13-18)21(29,6-3)23(26,27)22(24,25)20(28)5-2/h5-6,12-17,20,28-29H,2-4,7-11H2,1H3. The van der Waals surface area contributed by atoms with E-state index in [-0.39, 0.29) is 0 Å². The normalized spacial score (nSPS) is 23.8. The molecule has 1 fully saturated rings. The van der Waals surface area contributed by atoms with E-state index in [1.54, 1.807) is 12.1 Å². The van der Waals surface area contributed by atoms with Crippen LogP contribution in [0.3, 0.4) is 0 Å². The number of hydrogen-bond donors (Lipinski definition) is 2. The molecule has 0 aliphatic heterocycles. The van der Waals surface area contributed by atoms with Crippen LogP contribution in [0.2, 0.25) is 0 Å². The van der Waals surface area contributed by atoms with E-state index in [0.29, 0.717) is 18.1 Å². The lowest BCUT2D eigenvalue weighted by atomic mass is 9.76. The molecule has 162 valence electrons. The molecular weight excluding hydrogens is 384 g/mol. The van der Waals surface area contributed by atoms with Crippen molar-refractivity contribution in [1.82, 2.24) is 0 Å². The van der Waals surface area contributed by atoms with E-state index in [0.717, 1.165) is 43.6 Å². The third kappa shape index (κ3) is 4.29. The minimum atomic E-state index is -5.00. The van der Waals surface area contributed by atoms with Crippen molar-refractivity contribution >= 4 is 0 Å². The molecular formula is C23H30F4O2. The van der Waals surface area contributed by atoms with Gasteiger partial charge >= 0.3 is 11.8 Å². The maximum Gasteiger partial charge on any atom is 0.348 e. The van der Waals surface area contributed by atoms with Crippen LogP contribution in [0.15, 0.2) is 49.6 Å². The summed E-state index contributed by atoms with van der Waals surface area (Å²) in [5, 5.41) is 19.8. The maximum atomic E-state index is 14.7. The van der Waals surface area contributed by atoms with E-state index in [9.17, 15) is 27.8 Å². The first-order chi connectivity index (χ1) is 13.5. The van der Waals surface area contributed by atoms with Gasteiger partial charge in [-0.3, -0.25) is 0 Å². The smallest absolute Gasteiger partial charge is 0.348 e. The van der Waals surface area contributed by atoms with E-state index < -0.39 is 29.1 Å². The second-order valence-electron chi connectivity index (χ2n) is 7.98. The molecule has 2 nitrogen and oxygen atoms in total. The summed E-state index contributed by atoms with van der Waals surface area (Å²) < 4.78 is 57.6. The summed E-state index contributed by atoms with van der Waals surface area (Å²) in [5.41, 5.74) is -2.81. The molecule has 1 aromatic rings. The third-order valence-electron chi connectivity index (χ3n) is 6.15. The Morgan fingerprint density at radius 3 is 2.07 bits per heavy atom. The highest BCUT2D eigenvalue weighted by molar-refractivity contribution is 5.35. The van der Waals surface area contributed by atoms with Gasteiger partial charge in [-0.15, -0.1) is 6.58 Å². The molecule has 0 bridgehead atoms. The van der Waals surface area contributed by atoms with Gasteiger partial charge in [0.15, 0.2) is 5.60 Å². The largest absolute Gasteiger partial charge is 0.382 e. The Balaban J connectivity index is 2.26. The number of benzene rings is 1. The molecule has 0 amide bonds. The second kappa shape index (κ2) is 9.00. The van der Waals surface area contributed by atoms with E-state index >= 15 is 0 Å². The molecule has 2 atom stereocenters. The molecule has 0 radical (unpaired) electrons. The summed E-state index contributed by atoms with van der Waals surface area (Å²) in [7, 11) is 0. The lowest BCUT2D eigenvalue weighted by molar-refractivity contribution is -0.303. The Morgan fingerprint density at radius 1 is 1.07 bits per heavy atom. The van der Waals surface area contributed by atoms with Crippen molar-refractivity contribution in [3.05, 3.63) is 60.7 Å². The highest BCUT2D eigenvalue weighted by Gasteiger charge is 2.70. The number of hydrogen-bond acceptors (Lipinski definition) is 2. The Morgan fingerprint density at radius 2 is 1.62 bits per heavy atom. The van der Waals surface area contributed by atoms with Crippen molar-refractivity contribution in [1.29, 1.82) is 0 Å². The van der Waals surface area contributed by atoms with Gasteiger partial charge in [-0.2, -0.15) is 17.6 Å². The molecule has 1 aliphatic rings. The number of aliphatic hydroxyl groups is 2. The minimum Gasteiger partial charge on any atom is -0.382 e. The van der Waals surface area contributed by atoms with Gasteiger partial charge in [0.2, 0.25) is 0 Å². The summed E-state index contributed by atoms with van der Waals surface area (Å²) in [5.74, 6) is -8.93. The van der Waals surface area contributed by atoms with Crippen LogP contribution in [0.25, 0.3) is 0 Å². The Bertz CT molecular complexity index is 693. The SMILES string of the molecule is C=CC(O)C(F)(F)C(F)(F)C(O)(C=C)c1ccc(C2CCC(CCC)CC2)cc1. The highest BCUT2D eigenvalue weighted by atomic mass is 19.3. The molecule has 2 N–H and O–H groups in total. The van der Waals surface area contributed by atoms with Gasteiger partial charge in [-0.05, 0) is 54.7 Å². The fourth-order valence-corrected chi connectivity index (χ4v) is 4.22. The van der Waals surface area contributed by atoms with Crippen molar-refractivity contribution in [2.24, 2.45) is 5.92 Å². The quantitative estimate of drug-likeness (QED) is 0.387. The monoisotopic (exact) mass is 414 g/mol. The van der Waals surface area contributed by atoms with E-state index in [1.165, 1.54) is 18.6 Å². The van der Waals surface area contributed by atoms with Crippen LogP contribution in [-0.2, 0) is 5.60 Å². The number of alkyl halides is 4. The van der Waals surface area contributed by atoms with Crippen molar-refractivity contribution in [2.45, 2.75) is 74.9 Å². The summed E-state index contributed by atoms with van der Waals surface area (Å²) in [6, 6.07) is 5.68. The van der Waals surface area contributed by atoms with Crippen LogP contribution < -0.4 is 0 Å². The van der Waals surface area contributed by atoms with E-state index in [1.807, 2.05) is 0 Å². The lowest BCUT2D eigenvalue weighted by Crippen LogP contribution is -2.60. The van der Waals surface area contributed by atoms with Gasteiger partial charge in [0.25, 0.3) is 0 Å². The van der Waals surface area contributed by atoms with Gasteiger partial charge in [-0.1, -0.05) is 56.7 Å². The first-order valence-corrected chi connectivity index (χ1v) is 10.1. The highest BCUT2D eigenvalue weighted by Crippen LogP contribution is 2.50. The van der Waals surface area contributed by atoms with Crippen LogP contribution in [0, 0.1) is 5.92 Å². The van der Waals surface area contributed by atoms with Crippen LogP contribution in [0.5, 0.6) is 0 Å². The Hall–Kier alpha value is -1.66. The molecule has 1 aliphatic carbocycles. The van der Waals surface area contributed by atoms with Gasteiger partial charge in [-0.25, -0.2) is 0 Å². The topological polar surface area (TPSA) is 40.5 Å². The van der Waals surface area contributed by atoms with Gasteiger partial charge in [0.1, 0.15) is 6.10 Å². The first kappa shape index (κ1) is 23.6. The fourth-order valence-electron chi connectivity index (χ4n) is 4.22. The van der Waals surface area contributed by atoms with Gasteiger partial charge in [0, 0.05) is 0 Å². The number of aliphatic hydroxyl groups excluding tert-OH is 1. The average molecular weight is 414 g/mol. The van der Waals surface area contributed by atoms with Crippen molar-refractivity contribution < 1.29 is 27.8 Å². The van der Waals surface area contributed by atoms with Gasteiger partial charge < -0.3 is 10.2 Å². The fraction of sp³-hybridized carbons (Fsp3) is 0.565. The van der Waals surface area contributed by atoms with Crippen LogP contribution in [0.1, 0.15) is 62.5 Å². The predicted octanol–water partition coefficient (Wildman–Crippen LogP) is 5.95. The number of halogens is 4. The minimum absolute atomic E-state index is 0.290.